The van der Waals surface area contributed by atoms with Gasteiger partial charge in [-0.25, -0.2) is 0 Å². The zero-order chi connectivity index (χ0) is 11.5. The smallest absolute Gasteiger partial charge is 0.0548 e. The number of nitrogens with two attached hydrogens (primary N) is 1. The molecule has 0 amide bonds. The molecule has 0 bridgehead atoms. The van der Waals surface area contributed by atoms with Crippen LogP contribution >= 0.6 is 27.5 Å². The second-order valence-electron chi connectivity index (χ2n) is 4.31. The Bertz CT molecular complexity index is 366. The monoisotopic (exact) mass is 302 g/mol. The molecule has 2 rings (SSSR count). The Hall–Kier alpha value is -0.0900. The normalized spacial score (nSPS) is 17.4. The lowest BCUT2D eigenvalue weighted by Crippen LogP contribution is -2.29. The van der Waals surface area contributed by atoms with Crippen LogP contribution in [-0.2, 0) is 0 Å². The van der Waals surface area contributed by atoms with Gasteiger partial charge in [0.05, 0.1) is 5.02 Å². The second-order valence-corrected chi connectivity index (χ2v) is 5.57. The summed E-state index contributed by atoms with van der Waals surface area (Å²) < 4.78 is 0.929. The van der Waals surface area contributed by atoms with E-state index >= 15 is 0 Å². The lowest BCUT2D eigenvalue weighted by atomic mass is 10.1. The van der Waals surface area contributed by atoms with Gasteiger partial charge in [0, 0.05) is 17.1 Å². The van der Waals surface area contributed by atoms with E-state index in [1.54, 1.807) is 0 Å². The molecule has 1 aliphatic carbocycles. The summed E-state index contributed by atoms with van der Waals surface area (Å²) in [7, 11) is 0. The Morgan fingerprint density at radius 1 is 1.50 bits per heavy atom. The molecule has 4 heteroatoms. The molecular formula is C12H16BrClN2. The molecule has 1 aliphatic rings. The van der Waals surface area contributed by atoms with Gasteiger partial charge in [0.15, 0.2) is 0 Å². The summed E-state index contributed by atoms with van der Waals surface area (Å²) in [6, 6.07) is 6.21. The fourth-order valence-corrected chi connectivity index (χ4v) is 2.21. The van der Waals surface area contributed by atoms with E-state index in [0.29, 0.717) is 6.54 Å². The Balaban J connectivity index is 2.02. The van der Waals surface area contributed by atoms with Crippen LogP contribution in [0.4, 0.5) is 0 Å². The van der Waals surface area contributed by atoms with Crippen molar-refractivity contribution in [2.45, 2.75) is 18.9 Å². The van der Waals surface area contributed by atoms with E-state index in [1.807, 2.05) is 18.2 Å². The molecule has 1 fully saturated rings. The zero-order valence-electron chi connectivity index (χ0n) is 9.05. The maximum Gasteiger partial charge on any atom is 0.0548 e. The van der Waals surface area contributed by atoms with Gasteiger partial charge >= 0.3 is 0 Å². The minimum absolute atomic E-state index is 0.231. The average Bonchev–Trinajstić information content (AvgIpc) is 3.08. The molecule has 2 nitrogen and oxygen atoms in total. The quantitative estimate of drug-likeness (QED) is 0.877. The Morgan fingerprint density at radius 2 is 2.25 bits per heavy atom. The third kappa shape index (κ3) is 3.20. The van der Waals surface area contributed by atoms with E-state index in [-0.39, 0.29) is 6.04 Å². The van der Waals surface area contributed by atoms with Gasteiger partial charge in [0.2, 0.25) is 0 Å². The van der Waals surface area contributed by atoms with Gasteiger partial charge in [0.25, 0.3) is 0 Å². The molecule has 3 N–H and O–H groups in total. The molecule has 1 saturated carbocycles. The van der Waals surface area contributed by atoms with Gasteiger partial charge < -0.3 is 11.1 Å². The molecule has 1 aromatic carbocycles. The van der Waals surface area contributed by atoms with Gasteiger partial charge in [-0.1, -0.05) is 17.7 Å². The molecule has 0 radical (unpaired) electrons. The van der Waals surface area contributed by atoms with E-state index in [9.17, 15) is 0 Å². The van der Waals surface area contributed by atoms with Crippen LogP contribution in [0.3, 0.4) is 0 Å². The summed E-state index contributed by atoms with van der Waals surface area (Å²) in [5, 5.41) is 4.24. The Labute approximate surface area is 110 Å². The Morgan fingerprint density at radius 3 is 2.81 bits per heavy atom. The van der Waals surface area contributed by atoms with Crippen LogP contribution in [0.25, 0.3) is 0 Å². The molecule has 0 spiro atoms. The molecule has 0 aromatic heterocycles. The van der Waals surface area contributed by atoms with Gasteiger partial charge in [-0.3, -0.25) is 0 Å². The van der Waals surface area contributed by atoms with Gasteiger partial charge in [-0.15, -0.1) is 0 Å². The van der Waals surface area contributed by atoms with Crippen molar-refractivity contribution in [2.75, 3.05) is 13.1 Å². The molecule has 1 unspecified atom stereocenters. The number of rotatable bonds is 5. The van der Waals surface area contributed by atoms with E-state index in [0.717, 1.165) is 22.0 Å². The van der Waals surface area contributed by atoms with Crippen LogP contribution in [0.15, 0.2) is 22.7 Å². The number of halogens is 2. The molecule has 0 heterocycles. The Kier molecular flexibility index (Phi) is 4.25. The van der Waals surface area contributed by atoms with Crippen molar-refractivity contribution in [3.63, 3.8) is 0 Å². The maximum absolute atomic E-state index is 5.97. The number of benzene rings is 1. The fourth-order valence-electron chi connectivity index (χ4n) is 1.70. The lowest BCUT2D eigenvalue weighted by molar-refractivity contribution is 0.522. The summed E-state index contributed by atoms with van der Waals surface area (Å²) in [5.41, 5.74) is 6.98. The van der Waals surface area contributed by atoms with Crippen LogP contribution in [0.1, 0.15) is 24.4 Å². The molecule has 0 aliphatic heterocycles. The molecule has 0 saturated heterocycles. The third-order valence-electron chi connectivity index (χ3n) is 2.93. The van der Waals surface area contributed by atoms with Crippen LogP contribution in [-0.4, -0.2) is 13.1 Å². The van der Waals surface area contributed by atoms with E-state index in [1.165, 1.54) is 18.4 Å². The van der Waals surface area contributed by atoms with Crippen molar-refractivity contribution in [1.82, 2.24) is 5.32 Å². The highest BCUT2D eigenvalue weighted by atomic mass is 79.9. The minimum Gasteiger partial charge on any atom is -0.329 e. The zero-order valence-corrected chi connectivity index (χ0v) is 11.4. The molecule has 88 valence electrons. The van der Waals surface area contributed by atoms with E-state index < -0.39 is 0 Å². The molecular weight excluding hydrogens is 288 g/mol. The van der Waals surface area contributed by atoms with Gasteiger partial charge in [-0.2, -0.15) is 0 Å². The topological polar surface area (TPSA) is 38.0 Å². The number of hydrogen-bond acceptors (Lipinski definition) is 2. The summed E-state index contributed by atoms with van der Waals surface area (Å²) >= 11 is 9.40. The number of nitrogens with one attached hydrogen (secondary N) is 1. The highest BCUT2D eigenvalue weighted by Gasteiger charge is 2.22. The first kappa shape index (κ1) is 12.4. The van der Waals surface area contributed by atoms with Crippen molar-refractivity contribution in [3.05, 3.63) is 33.3 Å². The molecule has 1 atom stereocenters. The van der Waals surface area contributed by atoms with Gasteiger partial charge in [0.1, 0.15) is 0 Å². The van der Waals surface area contributed by atoms with Crippen LogP contribution in [0, 0.1) is 5.92 Å². The van der Waals surface area contributed by atoms with Crippen LogP contribution in [0.2, 0.25) is 5.02 Å². The van der Waals surface area contributed by atoms with Crippen molar-refractivity contribution in [1.29, 1.82) is 0 Å². The first-order valence-electron chi connectivity index (χ1n) is 5.59. The van der Waals surface area contributed by atoms with Crippen molar-refractivity contribution >= 4 is 27.5 Å². The van der Waals surface area contributed by atoms with Gasteiger partial charge in [-0.05, 0) is 58.9 Å². The van der Waals surface area contributed by atoms with Crippen molar-refractivity contribution in [3.8, 4) is 0 Å². The number of hydrogen-bond donors (Lipinski definition) is 2. The van der Waals surface area contributed by atoms with Crippen LogP contribution < -0.4 is 11.1 Å². The summed E-state index contributed by atoms with van der Waals surface area (Å²) in [6.07, 6.45) is 2.71. The highest BCUT2D eigenvalue weighted by molar-refractivity contribution is 9.10. The third-order valence-corrected chi connectivity index (χ3v) is 4.15. The lowest BCUT2D eigenvalue weighted by Gasteiger charge is -2.17. The summed E-state index contributed by atoms with van der Waals surface area (Å²) in [4.78, 5) is 0. The SMILES string of the molecule is NCC(NCC1CC1)c1ccc(Cl)c(Br)c1. The van der Waals surface area contributed by atoms with E-state index in [4.69, 9.17) is 17.3 Å². The van der Waals surface area contributed by atoms with Crippen LogP contribution in [0.5, 0.6) is 0 Å². The highest BCUT2D eigenvalue weighted by Crippen LogP contribution is 2.29. The molecule has 1 aromatic rings. The van der Waals surface area contributed by atoms with E-state index in [2.05, 4.69) is 21.2 Å². The fraction of sp³-hybridized carbons (Fsp3) is 0.500. The largest absolute Gasteiger partial charge is 0.329 e. The standard InChI is InChI=1S/C12H16BrClN2/c13-10-5-9(3-4-11(10)14)12(6-15)16-7-8-1-2-8/h3-5,8,12,16H,1-2,6-7,15H2. The predicted octanol–water partition coefficient (Wildman–Crippen LogP) is 3.10. The predicted molar refractivity (Wildman–Crippen MR) is 71.7 cm³/mol. The first-order valence-corrected chi connectivity index (χ1v) is 6.76. The average molecular weight is 304 g/mol. The summed E-state index contributed by atoms with van der Waals surface area (Å²) in [5.74, 6) is 0.866. The summed E-state index contributed by atoms with van der Waals surface area (Å²) in [6.45, 7) is 1.68. The van der Waals surface area contributed by atoms with Crippen molar-refractivity contribution < 1.29 is 0 Å². The maximum atomic E-state index is 5.97. The minimum atomic E-state index is 0.231. The molecule has 16 heavy (non-hydrogen) atoms. The van der Waals surface area contributed by atoms with Crippen molar-refractivity contribution in [2.24, 2.45) is 11.7 Å². The second kappa shape index (κ2) is 5.50. The first-order chi connectivity index (χ1) is 7.70.